The van der Waals surface area contributed by atoms with Gasteiger partial charge in [0, 0.05) is 16.4 Å². The summed E-state index contributed by atoms with van der Waals surface area (Å²) in [5.41, 5.74) is 5.03. The molecule has 2 rings (SSSR count). The van der Waals surface area contributed by atoms with Crippen molar-refractivity contribution in [1.82, 2.24) is 4.98 Å². The lowest BCUT2D eigenvalue weighted by Crippen LogP contribution is -2.08. The first-order chi connectivity index (χ1) is 8.86. The highest BCUT2D eigenvalue weighted by Gasteiger charge is 2.35. The van der Waals surface area contributed by atoms with Crippen molar-refractivity contribution in [2.45, 2.75) is 6.18 Å². The van der Waals surface area contributed by atoms with Gasteiger partial charge in [0.1, 0.15) is 11.3 Å². The highest BCUT2D eigenvalue weighted by molar-refractivity contribution is 9.10. The number of alkyl halides is 3. The number of rotatable bonds is 2. The molecule has 2 aromatic rings. The molecule has 0 bridgehead atoms. The lowest BCUT2D eigenvalue weighted by Gasteiger charge is -2.12. The summed E-state index contributed by atoms with van der Waals surface area (Å²) < 4.78 is 43.9. The number of ether oxygens (including phenoxy) is 1. The first-order valence-corrected chi connectivity index (χ1v) is 5.92. The summed E-state index contributed by atoms with van der Waals surface area (Å²) in [7, 11) is 0. The minimum absolute atomic E-state index is 0.226. The lowest BCUT2D eigenvalue weighted by atomic mass is 10.2. The zero-order chi connectivity index (χ0) is 14.0. The molecule has 100 valence electrons. The first-order valence-electron chi connectivity index (χ1n) is 5.12. The molecular weight excluding hydrogens is 325 g/mol. The molecule has 0 amide bonds. The van der Waals surface area contributed by atoms with E-state index >= 15 is 0 Å². The van der Waals surface area contributed by atoms with Gasteiger partial charge in [-0.2, -0.15) is 13.2 Å². The Morgan fingerprint density at radius 3 is 2.37 bits per heavy atom. The van der Waals surface area contributed by atoms with Gasteiger partial charge in [0.15, 0.2) is 0 Å². The number of nitrogens with two attached hydrogens (primary N) is 1. The molecule has 0 atom stereocenters. The van der Waals surface area contributed by atoms with E-state index < -0.39 is 17.6 Å². The number of pyridine rings is 1. The van der Waals surface area contributed by atoms with Crippen molar-refractivity contribution in [3.8, 4) is 11.6 Å². The van der Waals surface area contributed by atoms with Gasteiger partial charge >= 0.3 is 6.18 Å². The van der Waals surface area contributed by atoms with Crippen LogP contribution in [0.25, 0.3) is 0 Å². The predicted molar refractivity (Wildman–Crippen MR) is 67.9 cm³/mol. The van der Waals surface area contributed by atoms with Crippen LogP contribution in [-0.4, -0.2) is 4.98 Å². The summed E-state index contributed by atoms with van der Waals surface area (Å²) >= 11 is 2.95. The molecule has 0 aliphatic rings. The molecule has 0 unspecified atom stereocenters. The molecule has 0 fully saturated rings. The van der Waals surface area contributed by atoms with Crippen molar-refractivity contribution in [1.29, 1.82) is 0 Å². The van der Waals surface area contributed by atoms with Crippen molar-refractivity contribution in [2.75, 3.05) is 5.73 Å². The van der Waals surface area contributed by atoms with E-state index in [1.165, 1.54) is 30.5 Å². The van der Waals surface area contributed by atoms with Gasteiger partial charge in [-0.05, 0) is 46.3 Å². The topological polar surface area (TPSA) is 48.1 Å². The molecule has 19 heavy (non-hydrogen) atoms. The Bertz CT molecular complexity index is 585. The molecular formula is C12H8BrF3N2O. The van der Waals surface area contributed by atoms with Crippen LogP contribution in [0.5, 0.6) is 11.6 Å². The van der Waals surface area contributed by atoms with Gasteiger partial charge in [0.2, 0.25) is 5.88 Å². The van der Waals surface area contributed by atoms with Crippen molar-refractivity contribution in [3.05, 3.63) is 46.6 Å². The van der Waals surface area contributed by atoms with Gasteiger partial charge in [0.05, 0.1) is 0 Å². The molecule has 1 aromatic heterocycles. The SMILES string of the molecule is Nc1ccc(Oc2ncc(Br)cc2C(F)(F)F)cc1. The molecule has 1 heterocycles. The number of aromatic nitrogens is 1. The molecule has 0 aliphatic carbocycles. The standard InChI is InChI=1S/C12H8BrF3N2O/c13-7-5-10(12(14,15)16)11(18-6-7)19-9-3-1-8(17)2-4-9/h1-6H,17H2. The number of anilines is 1. The molecule has 0 saturated heterocycles. The highest BCUT2D eigenvalue weighted by atomic mass is 79.9. The number of benzene rings is 1. The van der Waals surface area contributed by atoms with E-state index in [1.807, 2.05) is 0 Å². The average molecular weight is 333 g/mol. The fourth-order valence-corrected chi connectivity index (χ4v) is 1.69. The molecule has 2 N–H and O–H groups in total. The largest absolute Gasteiger partial charge is 0.438 e. The summed E-state index contributed by atoms with van der Waals surface area (Å²) in [4.78, 5) is 3.64. The van der Waals surface area contributed by atoms with Crippen LogP contribution in [0, 0.1) is 0 Å². The summed E-state index contributed by atoms with van der Waals surface area (Å²) in [6, 6.07) is 6.92. The van der Waals surface area contributed by atoms with Crippen LogP contribution in [0.15, 0.2) is 41.0 Å². The van der Waals surface area contributed by atoms with Gasteiger partial charge in [0.25, 0.3) is 0 Å². The van der Waals surface area contributed by atoms with Crippen LogP contribution in [-0.2, 0) is 6.18 Å². The fourth-order valence-electron chi connectivity index (χ4n) is 1.36. The zero-order valence-electron chi connectivity index (χ0n) is 9.41. The first kappa shape index (κ1) is 13.7. The van der Waals surface area contributed by atoms with Crippen LogP contribution in [0.2, 0.25) is 0 Å². The molecule has 7 heteroatoms. The molecule has 0 saturated carbocycles. The minimum Gasteiger partial charge on any atom is -0.438 e. The summed E-state index contributed by atoms with van der Waals surface area (Å²) in [5, 5.41) is 0. The van der Waals surface area contributed by atoms with E-state index in [9.17, 15) is 13.2 Å². The molecule has 1 aromatic carbocycles. The van der Waals surface area contributed by atoms with E-state index in [2.05, 4.69) is 20.9 Å². The third-order valence-electron chi connectivity index (χ3n) is 2.22. The van der Waals surface area contributed by atoms with Crippen molar-refractivity contribution in [2.24, 2.45) is 0 Å². The second-order valence-corrected chi connectivity index (χ2v) is 4.59. The van der Waals surface area contributed by atoms with E-state index in [4.69, 9.17) is 10.5 Å². The highest BCUT2D eigenvalue weighted by Crippen LogP contribution is 2.38. The van der Waals surface area contributed by atoms with Crippen LogP contribution >= 0.6 is 15.9 Å². The molecule has 0 radical (unpaired) electrons. The second kappa shape index (κ2) is 5.08. The van der Waals surface area contributed by atoms with Crippen LogP contribution < -0.4 is 10.5 Å². The number of halogens is 4. The Morgan fingerprint density at radius 1 is 1.16 bits per heavy atom. The maximum atomic E-state index is 12.8. The van der Waals surface area contributed by atoms with Gasteiger partial charge in [-0.25, -0.2) is 4.98 Å². The Balaban J connectivity index is 2.37. The van der Waals surface area contributed by atoms with Gasteiger partial charge in [-0.15, -0.1) is 0 Å². The summed E-state index contributed by atoms with van der Waals surface area (Å²) in [5.74, 6) is -0.269. The number of nitrogen functional groups attached to an aromatic ring is 1. The maximum Gasteiger partial charge on any atom is 0.421 e. The Kier molecular flexibility index (Phi) is 3.66. The number of hydrogen-bond donors (Lipinski definition) is 1. The fraction of sp³-hybridized carbons (Fsp3) is 0.0833. The lowest BCUT2D eigenvalue weighted by molar-refractivity contribution is -0.138. The van der Waals surface area contributed by atoms with E-state index in [-0.39, 0.29) is 10.2 Å². The average Bonchev–Trinajstić information content (AvgIpc) is 2.33. The quantitative estimate of drug-likeness (QED) is 0.837. The minimum atomic E-state index is -4.54. The van der Waals surface area contributed by atoms with Crippen molar-refractivity contribution < 1.29 is 17.9 Å². The monoisotopic (exact) mass is 332 g/mol. The summed E-state index contributed by atoms with van der Waals surface area (Å²) in [6.45, 7) is 0. The van der Waals surface area contributed by atoms with Crippen molar-refractivity contribution in [3.63, 3.8) is 0 Å². The van der Waals surface area contributed by atoms with Gasteiger partial charge < -0.3 is 10.5 Å². The molecule has 0 aliphatic heterocycles. The third-order valence-corrected chi connectivity index (χ3v) is 2.65. The van der Waals surface area contributed by atoms with E-state index in [1.54, 1.807) is 0 Å². The third kappa shape index (κ3) is 3.37. The summed E-state index contributed by atoms with van der Waals surface area (Å²) in [6.07, 6.45) is -3.30. The Morgan fingerprint density at radius 2 is 1.79 bits per heavy atom. The Hall–Kier alpha value is -1.76. The van der Waals surface area contributed by atoms with Gasteiger partial charge in [-0.3, -0.25) is 0 Å². The Labute approximate surface area is 115 Å². The van der Waals surface area contributed by atoms with Crippen LogP contribution in [0.4, 0.5) is 18.9 Å². The van der Waals surface area contributed by atoms with E-state index in [0.29, 0.717) is 5.69 Å². The van der Waals surface area contributed by atoms with Crippen LogP contribution in [0.3, 0.4) is 0 Å². The number of hydrogen-bond acceptors (Lipinski definition) is 3. The van der Waals surface area contributed by atoms with E-state index in [0.717, 1.165) is 6.07 Å². The smallest absolute Gasteiger partial charge is 0.421 e. The molecule has 3 nitrogen and oxygen atoms in total. The number of nitrogens with zero attached hydrogens (tertiary/aromatic N) is 1. The maximum absolute atomic E-state index is 12.8. The van der Waals surface area contributed by atoms with Gasteiger partial charge in [-0.1, -0.05) is 0 Å². The van der Waals surface area contributed by atoms with Crippen molar-refractivity contribution >= 4 is 21.6 Å². The second-order valence-electron chi connectivity index (χ2n) is 3.68. The normalized spacial score (nSPS) is 11.4. The zero-order valence-corrected chi connectivity index (χ0v) is 11.0. The van der Waals surface area contributed by atoms with Crippen LogP contribution in [0.1, 0.15) is 5.56 Å². The molecule has 0 spiro atoms. The predicted octanol–water partition coefficient (Wildman–Crippen LogP) is 4.24.